The van der Waals surface area contributed by atoms with Crippen LogP contribution in [0, 0.1) is 0 Å². The Hall–Kier alpha value is -4.28. The lowest BCUT2D eigenvalue weighted by molar-refractivity contribution is -0.135. The fraction of sp³-hybridized carbons (Fsp3) is 0.214. The number of hydrogen-bond donors (Lipinski definition) is 0. The second-order valence-corrected chi connectivity index (χ2v) is 10.3. The van der Waals surface area contributed by atoms with Crippen molar-refractivity contribution in [3.63, 3.8) is 0 Å². The third-order valence-corrected chi connectivity index (χ3v) is 7.59. The molecule has 0 saturated carbocycles. The van der Waals surface area contributed by atoms with Gasteiger partial charge < -0.3 is 4.74 Å². The molecule has 1 saturated heterocycles. The molecule has 202 valence electrons. The van der Waals surface area contributed by atoms with Crippen molar-refractivity contribution in [1.29, 1.82) is 0 Å². The minimum Gasteiger partial charge on any atom is -0.497 e. The van der Waals surface area contributed by atoms with Crippen LogP contribution in [0.4, 0.5) is 5.69 Å². The first-order chi connectivity index (χ1) is 19.3. The van der Waals surface area contributed by atoms with Crippen molar-refractivity contribution in [2.45, 2.75) is 24.5 Å². The normalized spacial score (nSPS) is 21.7. The molecule has 10 nitrogen and oxygen atoms in total. The van der Waals surface area contributed by atoms with Gasteiger partial charge in [-0.1, -0.05) is 52.7 Å². The maximum atomic E-state index is 13.7. The van der Waals surface area contributed by atoms with Gasteiger partial charge in [0.2, 0.25) is 0 Å². The molecule has 6 rings (SSSR count). The lowest BCUT2D eigenvalue weighted by Crippen LogP contribution is -2.44. The largest absolute Gasteiger partial charge is 0.497 e. The van der Waals surface area contributed by atoms with E-state index in [4.69, 9.17) is 27.9 Å². The Morgan fingerprint density at radius 2 is 1.57 bits per heavy atom. The molecule has 40 heavy (non-hydrogen) atoms. The fourth-order valence-electron chi connectivity index (χ4n) is 5.05. The molecule has 0 aromatic heterocycles. The van der Waals surface area contributed by atoms with Gasteiger partial charge in [0.15, 0.2) is 12.1 Å². The number of hydrazone groups is 1. The number of halogens is 2. The third kappa shape index (κ3) is 4.59. The number of carbonyl (C=O) groups excluding carboxylic acids is 3. The molecular formula is C28H22Cl2N6O4. The second-order valence-electron chi connectivity index (χ2n) is 9.47. The summed E-state index contributed by atoms with van der Waals surface area (Å²) in [6, 6.07) is 18.6. The van der Waals surface area contributed by atoms with Crippen molar-refractivity contribution < 1.29 is 19.1 Å². The highest BCUT2D eigenvalue weighted by molar-refractivity contribution is 6.31. The quantitative estimate of drug-likeness (QED) is 0.396. The summed E-state index contributed by atoms with van der Waals surface area (Å²) in [5.74, 6) is -0.712. The SMILES string of the molecule is COc1ccc([C@H]2CC(c3ccc(Cl)cc3)=NN2C(=O)CN2N=N[C@@H]3C(=O)N(c4ccc(Cl)cc4)C(=O)[C@H]32)cc1. The molecule has 3 aromatic rings. The molecule has 3 aliphatic rings. The number of rotatable bonds is 6. The summed E-state index contributed by atoms with van der Waals surface area (Å²) in [6.07, 6.45) is 0.467. The van der Waals surface area contributed by atoms with Crippen LogP contribution in [-0.4, -0.2) is 59.2 Å². The Balaban J connectivity index is 1.26. The number of methoxy groups -OCH3 is 1. The highest BCUT2D eigenvalue weighted by Gasteiger charge is 2.55. The van der Waals surface area contributed by atoms with Crippen LogP contribution in [0.5, 0.6) is 5.75 Å². The molecular weight excluding hydrogens is 555 g/mol. The number of ether oxygens (including phenoxy) is 1. The van der Waals surface area contributed by atoms with E-state index in [9.17, 15) is 14.4 Å². The summed E-state index contributed by atoms with van der Waals surface area (Å²) in [5, 5.41) is 16.5. The Labute approximate surface area is 239 Å². The zero-order valence-electron chi connectivity index (χ0n) is 21.1. The van der Waals surface area contributed by atoms with Crippen LogP contribution in [0.3, 0.4) is 0 Å². The number of carbonyl (C=O) groups is 3. The molecule has 0 N–H and O–H groups in total. The molecule has 0 unspecified atom stereocenters. The van der Waals surface area contributed by atoms with Crippen LogP contribution >= 0.6 is 23.2 Å². The van der Waals surface area contributed by atoms with Crippen LogP contribution in [0.2, 0.25) is 10.0 Å². The molecule has 3 aliphatic heterocycles. The topological polar surface area (TPSA) is 107 Å². The monoisotopic (exact) mass is 576 g/mol. The summed E-state index contributed by atoms with van der Waals surface area (Å²) < 4.78 is 5.28. The number of fused-ring (bicyclic) bond motifs is 1. The predicted octanol–water partition coefficient (Wildman–Crippen LogP) is 4.67. The summed E-state index contributed by atoms with van der Waals surface area (Å²) in [7, 11) is 1.59. The molecule has 3 atom stereocenters. The smallest absolute Gasteiger partial charge is 0.264 e. The number of anilines is 1. The van der Waals surface area contributed by atoms with E-state index in [1.165, 1.54) is 10.0 Å². The van der Waals surface area contributed by atoms with Crippen molar-refractivity contribution >= 4 is 52.3 Å². The molecule has 0 bridgehead atoms. The number of imide groups is 1. The first-order valence-corrected chi connectivity index (χ1v) is 13.2. The first-order valence-electron chi connectivity index (χ1n) is 12.4. The number of nitrogens with zero attached hydrogens (tertiary/aromatic N) is 6. The lowest BCUT2D eigenvalue weighted by atomic mass is 9.98. The highest BCUT2D eigenvalue weighted by atomic mass is 35.5. The van der Waals surface area contributed by atoms with E-state index in [1.807, 2.05) is 36.4 Å². The van der Waals surface area contributed by atoms with E-state index >= 15 is 0 Å². The molecule has 1 fully saturated rings. The molecule has 3 amide bonds. The third-order valence-electron chi connectivity index (χ3n) is 7.08. The van der Waals surface area contributed by atoms with Gasteiger partial charge in [0.1, 0.15) is 12.3 Å². The molecule has 3 aromatic carbocycles. The van der Waals surface area contributed by atoms with Crippen molar-refractivity contribution in [3.8, 4) is 5.75 Å². The molecule has 0 aliphatic carbocycles. The highest BCUT2D eigenvalue weighted by Crippen LogP contribution is 2.36. The van der Waals surface area contributed by atoms with E-state index in [0.717, 1.165) is 16.0 Å². The van der Waals surface area contributed by atoms with Gasteiger partial charge in [-0.2, -0.15) is 10.2 Å². The molecule has 3 heterocycles. The van der Waals surface area contributed by atoms with E-state index in [-0.39, 0.29) is 6.54 Å². The van der Waals surface area contributed by atoms with Gasteiger partial charge in [-0.05, 0) is 59.7 Å². The van der Waals surface area contributed by atoms with Crippen molar-refractivity contribution in [2.75, 3.05) is 18.6 Å². The Morgan fingerprint density at radius 1 is 0.925 bits per heavy atom. The zero-order chi connectivity index (χ0) is 28.0. The van der Waals surface area contributed by atoms with Gasteiger partial charge in [-0.25, -0.2) is 9.91 Å². The second kappa shape index (κ2) is 10.4. The molecule has 0 spiro atoms. The van der Waals surface area contributed by atoms with Gasteiger partial charge in [0, 0.05) is 16.5 Å². The van der Waals surface area contributed by atoms with Crippen molar-refractivity contribution in [1.82, 2.24) is 10.0 Å². The van der Waals surface area contributed by atoms with Gasteiger partial charge in [-0.3, -0.25) is 19.4 Å². The predicted molar refractivity (Wildman–Crippen MR) is 148 cm³/mol. The fourth-order valence-corrected chi connectivity index (χ4v) is 5.30. The Kier molecular flexibility index (Phi) is 6.73. The van der Waals surface area contributed by atoms with Crippen LogP contribution < -0.4 is 9.64 Å². The van der Waals surface area contributed by atoms with E-state index in [2.05, 4.69) is 15.4 Å². The minimum atomic E-state index is -1.03. The van der Waals surface area contributed by atoms with Crippen LogP contribution in [-0.2, 0) is 14.4 Å². The van der Waals surface area contributed by atoms with Crippen LogP contribution in [0.25, 0.3) is 0 Å². The minimum absolute atomic E-state index is 0.289. The summed E-state index contributed by atoms with van der Waals surface area (Å²) in [5.41, 5.74) is 2.80. The van der Waals surface area contributed by atoms with Gasteiger partial charge in [-0.15, -0.1) is 0 Å². The van der Waals surface area contributed by atoms with Crippen molar-refractivity contribution in [3.05, 3.63) is 94.0 Å². The molecule has 12 heteroatoms. The van der Waals surface area contributed by atoms with E-state index in [0.29, 0.717) is 33.6 Å². The summed E-state index contributed by atoms with van der Waals surface area (Å²) >= 11 is 12.0. The van der Waals surface area contributed by atoms with Gasteiger partial charge in [0.05, 0.1) is 24.6 Å². The zero-order valence-corrected chi connectivity index (χ0v) is 22.7. The van der Waals surface area contributed by atoms with Crippen molar-refractivity contribution in [2.24, 2.45) is 15.4 Å². The summed E-state index contributed by atoms with van der Waals surface area (Å²) in [4.78, 5) is 41.2. The van der Waals surface area contributed by atoms with Gasteiger partial charge in [0.25, 0.3) is 17.7 Å². The van der Waals surface area contributed by atoms with Crippen LogP contribution in [0.15, 0.2) is 88.2 Å². The average Bonchev–Trinajstić information content (AvgIpc) is 3.65. The Morgan fingerprint density at radius 3 is 2.23 bits per heavy atom. The molecule has 0 radical (unpaired) electrons. The van der Waals surface area contributed by atoms with Gasteiger partial charge >= 0.3 is 0 Å². The number of benzene rings is 3. The Bertz CT molecular complexity index is 1540. The first kappa shape index (κ1) is 26.0. The standard InChI is InChI=1S/C28H22Cl2N6O4/c1-40-21-12-4-17(5-13-21)23-14-22(16-2-6-18(29)7-3-16)32-36(23)24(37)15-34-26-25(31-33-34)27(38)35(28(26)39)20-10-8-19(30)9-11-20/h2-13,23,25-26H,14-15H2,1H3/t23-,25+,26+/m1/s1. The van der Waals surface area contributed by atoms with E-state index in [1.54, 1.807) is 43.5 Å². The summed E-state index contributed by atoms with van der Waals surface area (Å²) in [6.45, 7) is -0.289. The number of amides is 3. The maximum absolute atomic E-state index is 13.7. The number of hydrogen-bond acceptors (Lipinski definition) is 8. The lowest BCUT2D eigenvalue weighted by Gasteiger charge is -2.25. The van der Waals surface area contributed by atoms with Crippen LogP contribution in [0.1, 0.15) is 23.6 Å². The van der Waals surface area contributed by atoms with E-state index < -0.39 is 35.8 Å². The average molecular weight is 577 g/mol. The maximum Gasteiger partial charge on any atom is 0.264 e.